The number of nitrogens with two attached hydrogens (primary N) is 1. The van der Waals surface area contributed by atoms with Crippen LogP contribution in [0.2, 0.25) is 0 Å². The Morgan fingerprint density at radius 2 is 2.05 bits per heavy atom. The lowest BCUT2D eigenvalue weighted by molar-refractivity contribution is 0.205. The van der Waals surface area contributed by atoms with Gasteiger partial charge in [-0.15, -0.1) is 0 Å². The second-order valence-electron chi connectivity index (χ2n) is 5.34. The highest BCUT2D eigenvalue weighted by atomic mass is 16.5. The predicted octanol–water partition coefficient (Wildman–Crippen LogP) is 2.67. The van der Waals surface area contributed by atoms with Gasteiger partial charge in [0.2, 0.25) is 0 Å². The van der Waals surface area contributed by atoms with E-state index in [-0.39, 0.29) is 6.10 Å². The molecule has 0 aromatic heterocycles. The van der Waals surface area contributed by atoms with Gasteiger partial charge in [0.05, 0.1) is 12.7 Å². The first-order valence-corrected chi connectivity index (χ1v) is 6.93. The standard InChI is InChI=1S/C15H24N2O2/c1-11(2)19-15-9-12(16)8-14(10-15)17(6-7-18-3)13-4-5-13/h8-11,13H,4-7,16H2,1-3H3. The molecule has 0 radical (unpaired) electrons. The summed E-state index contributed by atoms with van der Waals surface area (Å²) in [5.74, 6) is 0.841. The van der Waals surface area contributed by atoms with Crippen molar-refractivity contribution in [3.05, 3.63) is 18.2 Å². The van der Waals surface area contributed by atoms with E-state index in [2.05, 4.69) is 11.0 Å². The van der Waals surface area contributed by atoms with Gasteiger partial charge in [-0.05, 0) is 32.8 Å². The van der Waals surface area contributed by atoms with Crippen molar-refractivity contribution in [1.82, 2.24) is 0 Å². The molecule has 1 aromatic carbocycles. The quantitative estimate of drug-likeness (QED) is 0.769. The molecule has 106 valence electrons. The summed E-state index contributed by atoms with van der Waals surface area (Å²) in [7, 11) is 1.73. The van der Waals surface area contributed by atoms with Crippen LogP contribution in [0.5, 0.6) is 5.75 Å². The Labute approximate surface area is 115 Å². The van der Waals surface area contributed by atoms with E-state index in [0.717, 1.165) is 30.3 Å². The Kier molecular flexibility index (Phi) is 4.53. The number of methoxy groups -OCH3 is 1. The van der Waals surface area contributed by atoms with Crippen LogP contribution in [-0.4, -0.2) is 32.4 Å². The van der Waals surface area contributed by atoms with Crippen LogP contribution in [-0.2, 0) is 4.74 Å². The molecule has 4 heteroatoms. The first-order chi connectivity index (χ1) is 9.10. The van der Waals surface area contributed by atoms with E-state index >= 15 is 0 Å². The zero-order chi connectivity index (χ0) is 13.8. The van der Waals surface area contributed by atoms with Crippen molar-refractivity contribution in [2.75, 3.05) is 30.9 Å². The predicted molar refractivity (Wildman–Crippen MR) is 78.9 cm³/mol. The lowest BCUT2D eigenvalue weighted by atomic mass is 10.2. The van der Waals surface area contributed by atoms with Crippen molar-refractivity contribution in [3.63, 3.8) is 0 Å². The van der Waals surface area contributed by atoms with Crippen molar-refractivity contribution < 1.29 is 9.47 Å². The maximum atomic E-state index is 5.98. The summed E-state index contributed by atoms with van der Waals surface area (Å²) in [6, 6.07) is 6.60. The summed E-state index contributed by atoms with van der Waals surface area (Å²) in [4.78, 5) is 2.37. The van der Waals surface area contributed by atoms with Crippen molar-refractivity contribution in [1.29, 1.82) is 0 Å². The summed E-state index contributed by atoms with van der Waals surface area (Å²) in [5.41, 5.74) is 7.87. The minimum atomic E-state index is 0.156. The fourth-order valence-corrected chi connectivity index (χ4v) is 2.21. The van der Waals surface area contributed by atoms with Gasteiger partial charge in [0, 0.05) is 43.2 Å². The first kappa shape index (κ1) is 14.0. The highest BCUT2D eigenvalue weighted by Gasteiger charge is 2.29. The molecule has 1 aliphatic carbocycles. The molecule has 1 aliphatic rings. The normalized spacial score (nSPS) is 14.7. The van der Waals surface area contributed by atoms with E-state index in [1.165, 1.54) is 12.8 Å². The Morgan fingerprint density at radius 1 is 1.32 bits per heavy atom. The van der Waals surface area contributed by atoms with Gasteiger partial charge < -0.3 is 20.1 Å². The van der Waals surface area contributed by atoms with Crippen LogP contribution in [0.25, 0.3) is 0 Å². The van der Waals surface area contributed by atoms with Crippen molar-refractivity contribution in [2.24, 2.45) is 0 Å². The molecule has 2 N–H and O–H groups in total. The van der Waals surface area contributed by atoms with E-state index in [0.29, 0.717) is 6.04 Å². The Morgan fingerprint density at radius 3 is 2.63 bits per heavy atom. The second kappa shape index (κ2) is 6.15. The highest BCUT2D eigenvalue weighted by molar-refractivity contribution is 5.61. The molecule has 1 aromatic rings. The molecule has 0 spiro atoms. The number of benzene rings is 1. The molecule has 2 rings (SSSR count). The molecule has 0 heterocycles. The zero-order valence-electron chi connectivity index (χ0n) is 12.1. The summed E-state index contributed by atoms with van der Waals surface area (Å²) >= 11 is 0. The molecule has 0 saturated heterocycles. The maximum absolute atomic E-state index is 5.98. The maximum Gasteiger partial charge on any atom is 0.123 e. The molecule has 4 nitrogen and oxygen atoms in total. The van der Waals surface area contributed by atoms with Gasteiger partial charge in [-0.2, -0.15) is 0 Å². The van der Waals surface area contributed by atoms with Crippen molar-refractivity contribution in [3.8, 4) is 5.75 Å². The van der Waals surface area contributed by atoms with Gasteiger partial charge in [0.15, 0.2) is 0 Å². The van der Waals surface area contributed by atoms with Crippen LogP contribution in [0.1, 0.15) is 26.7 Å². The first-order valence-electron chi connectivity index (χ1n) is 6.93. The average molecular weight is 264 g/mol. The Hall–Kier alpha value is -1.42. The van der Waals surface area contributed by atoms with E-state index in [1.54, 1.807) is 7.11 Å². The van der Waals surface area contributed by atoms with E-state index in [1.807, 2.05) is 26.0 Å². The Balaban J connectivity index is 2.18. The van der Waals surface area contributed by atoms with Crippen LogP contribution in [0.4, 0.5) is 11.4 Å². The smallest absolute Gasteiger partial charge is 0.123 e. The third-order valence-electron chi connectivity index (χ3n) is 3.14. The van der Waals surface area contributed by atoms with Gasteiger partial charge in [0.1, 0.15) is 5.75 Å². The third-order valence-corrected chi connectivity index (χ3v) is 3.14. The number of hydrogen-bond donors (Lipinski definition) is 1. The van der Waals surface area contributed by atoms with Crippen LogP contribution >= 0.6 is 0 Å². The SMILES string of the molecule is COCCN(c1cc(N)cc(OC(C)C)c1)C1CC1. The number of nitrogen functional groups attached to an aromatic ring is 1. The van der Waals surface area contributed by atoms with Gasteiger partial charge >= 0.3 is 0 Å². The van der Waals surface area contributed by atoms with Crippen LogP contribution < -0.4 is 15.4 Å². The van der Waals surface area contributed by atoms with Gasteiger partial charge in [-0.1, -0.05) is 0 Å². The lowest BCUT2D eigenvalue weighted by Gasteiger charge is -2.25. The van der Waals surface area contributed by atoms with Gasteiger partial charge in [-0.3, -0.25) is 0 Å². The summed E-state index contributed by atoms with van der Waals surface area (Å²) in [6.07, 6.45) is 2.65. The monoisotopic (exact) mass is 264 g/mol. The number of anilines is 2. The molecular weight excluding hydrogens is 240 g/mol. The van der Waals surface area contributed by atoms with E-state index in [9.17, 15) is 0 Å². The van der Waals surface area contributed by atoms with Crippen molar-refractivity contribution >= 4 is 11.4 Å². The topological polar surface area (TPSA) is 47.7 Å². The molecule has 19 heavy (non-hydrogen) atoms. The zero-order valence-corrected chi connectivity index (χ0v) is 12.1. The number of hydrogen-bond acceptors (Lipinski definition) is 4. The third kappa shape index (κ3) is 4.03. The largest absolute Gasteiger partial charge is 0.491 e. The summed E-state index contributed by atoms with van der Waals surface area (Å²) in [6.45, 7) is 5.66. The molecule has 1 fully saturated rings. The van der Waals surface area contributed by atoms with E-state index < -0.39 is 0 Å². The van der Waals surface area contributed by atoms with Crippen LogP contribution in [0, 0.1) is 0 Å². The van der Waals surface area contributed by atoms with E-state index in [4.69, 9.17) is 15.2 Å². The molecule has 0 aliphatic heterocycles. The number of nitrogens with zero attached hydrogens (tertiary/aromatic N) is 1. The molecule has 0 unspecified atom stereocenters. The van der Waals surface area contributed by atoms with Crippen LogP contribution in [0.15, 0.2) is 18.2 Å². The summed E-state index contributed by atoms with van der Waals surface area (Å²) in [5, 5.41) is 0. The average Bonchev–Trinajstić information content (AvgIpc) is 3.12. The second-order valence-corrected chi connectivity index (χ2v) is 5.34. The summed E-state index contributed by atoms with van der Waals surface area (Å²) < 4.78 is 10.9. The van der Waals surface area contributed by atoms with Gasteiger partial charge in [-0.25, -0.2) is 0 Å². The lowest BCUT2D eigenvalue weighted by Crippen LogP contribution is -2.29. The highest BCUT2D eigenvalue weighted by Crippen LogP contribution is 2.34. The van der Waals surface area contributed by atoms with Crippen LogP contribution in [0.3, 0.4) is 0 Å². The molecule has 0 bridgehead atoms. The molecular formula is C15H24N2O2. The fourth-order valence-electron chi connectivity index (χ4n) is 2.21. The Bertz CT molecular complexity index is 417. The number of ether oxygens (including phenoxy) is 2. The molecule has 0 atom stereocenters. The minimum Gasteiger partial charge on any atom is -0.491 e. The molecule has 0 amide bonds. The van der Waals surface area contributed by atoms with Crippen molar-refractivity contribution in [2.45, 2.75) is 38.8 Å². The minimum absolute atomic E-state index is 0.156. The number of rotatable bonds is 7. The van der Waals surface area contributed by atoms with Gasteiger partial charge in [0.25, 0.3) is 0 Å². The molecule has 1 saturated carbocycles. The fraction of sp³-hybridized carbons (Fsp3) is 0.600.